The van der Waals surface area contributed by atoms with Crippen LogP contribution in [-0.2, 0) is 0 Å². The highest BCUT2D eigenvalue weighted by molar-refractivity contribution is 5.94. The van der Waals surface area contributed by atoms with Crippen LogP contribution in [0.3, 0.4) is 0 Å². The molecule has 0 aliphatic carbocycles. The van der Waals surface area contributed by atoms with Crippen LogP contribution in [0.25, 0.3) is 10.9 Å². The van der Waals surface area contributed by atoms with Crippen LogP contribution in [-0.4, -0.2) is 42.1 Å². The highest BCUT2D eigenvalue weighted by Gasteiger charge is 2.22. The number of rotatable bonds is 4. The Morgan fingerprint density at radius 2 is 1.89 bits per heavy atom. The van der Waals surface area contributed by atoms with E-state index < -0.39 is 0 Å². The van der Waals surface area contributed by atoms with Gasteiger partial charge in [0.05, 0.1) is 12.6 Å². The van der Waals surface area contributed by atoms with Crippen molar-refractivity contribution in [1.82, 2.24) is 15.3 Å². The predicted octanol–water partition coefficient (Wildman–Crippen LogP) is 3.35. The highest BCUT2D eigenvalue weighted by Crippen LogP contribution is 2.27. The zero-order valence-corrected chi connectivity index (χ0v) is 16.2. The monoisotopic (exact) mass is 376 g/mol. The van der Waals surface area contributed by atoms with Gasteiger partial charge in [0, 0.05) is 48.5 Å². The van der Waals surface area contributed by atoms with E-state index in [0.717, 1.165) is 48.4 Å². The number of carbonyl (C=O) groups is 1. The number of aromatic nitrogens is 2. The first-order valence-corrected chi connectivity index (χ1v) is 9.55. The number of fused-ring (bicyclic) bond motifs is 1. The number of amides is 1. The number of nitrogens with zero attached hydrogens (tertiary/aromatic N) is 3. The summed E-state index contributed by atoms with van der Waals surface area (Å²) in [5.41, 5.74) is 2.80. The maximum absolute atomic E-state index is 12.3. The molecule has 3 aromatic rings. The number of pyridine rings is 2. The third-order valence-corrected chi connectivity index (χ3v) is 5.31. The molecule has 0 bridgehead atoms. The van der Waals surface area contributed by atoms with E-state index in [4.69, 9.17) is 9.72 Å². The third kappa shape index (κ3) is 3.76. The van der Waals surface area contributed by atoms with Crippen LogP contribution in [0.1, 0.15) is 28.8 Å². The molecule has 0 saturated carbocycles. The molecule has 0 unspecified atom stereocenters. The number of hydrogen-bond donors (Lipinski definition) is 1. The number of aryl methyl sites for hydroxylation is 1. The van der Waals surface area contributed by atoms with Gasteiger partial charge in [-0.3, -0.25) is 9.78 Å². The Kier molecular flexibility index (Phi) is 5.10. The number of methoxy groups -OCH3 is 1. The summed E-state index contributed by atoms with van der Waals surface area (Å²) in [4.78, 5) is 23.4. The molecule has 28 heavy (non-hydrogen) atoms. The van der Waals surface area contributed by atoms with Crippen LogP contribution in [0.15, 0.2) is 48.8 Å². The van der Waals surface area contributed by atoms with Crippen LogP contribution >= 0.6 is 0 Å². The Hall–Kier alpha value is -3.15. The van der Waals surface area contributed by atoms with Gasteiger partial charge in [-0.05, 0) is 55.7 Å². The predicted molar refractivity (Wildman–Crippen MR) is 110 cm³/mol. The van der Waals surface area contributed by atoms with Gasteiger partial charge in [-0.2, -0.15) is 0 Å². The van der Waals surface area contributed by atoms with Crippen molar-refractivity contribution in [3.05, 3.63) is 59.9 Å². The van der Waals surface area contributed by atoms with Gasteiger partial charge < -0.3 is 15.0 Å². The summed E-state index contributed by atoms with van der Waals surface area (Å²) >= 11 is 0. The van der Waals surface area contributed by atoms with Crippen molar-refractivity contribution in [3.63, 3.8) is 0 Å². The van der Waals surface area contributed by atoms with E-state index in [9.17, 15) is 4.79 Å². The normalized spacial score (nSPS) is 14.9. The first-order chi connectivity index (χ1) is 13.6. The van der Waals surface area contributed by atoms with Gasteiger partial charge in [-0.15, -0.1) is 0 Å². The van der Waals surface area contributed by atoms with E-state index >= 15 is 0 Å². The summed E-state index contributed by atoms with van der Waals surface area (Å²) in [7, 11) is 1.67. The molecule has 4 rings (SSSR count). The topological polar surface area (TPSA) is 67.3 Å². The van der Waals surface area contributed by atoms with Crippen molar-refractivity contribution < 1.29 is 9.53 Å². The Morgan fingerprint density at radius 3 is 2.61 bits per heavy atom. The molecule has 1 fully saturated rings. The Labute approximate surface area is 164 Å². The molecule has 3 heterocycles. The fraction of sp³-hybridized carbons (Fsp3) is 0.318. The number of nitrogens with one attached hydrogen (secondary N) is 1. The summed E-state index contributed by atoms with van der Waals surface area (Å²) in [6, 6.07) is 11.8. The largest absolute Gasteiger partial charge is 0.497 e. The number of anilines is 1. The zero-order valence-electron chi connectivity index (χ0n) is 16.2. The number of carbonyl (C=O) groups excluding carboxylic acids is 1. The van der Waals surface area contributed by atoms with Crippen molar-refractivity contribution in [2.45, 2.75) is 25.8 Å². The molecule has 0 radical (unpaired) electrons. The van der Waals surface area contributed by atoms with E-state index in [-0.39, 0.29) is 11.9 Å². The molecular weight excluding hydrogens is 352 g/mol. The molecule has 0 atom stereocenters. The molecular formula is C22H24N4O2. The second-order valence-corrected chi connectivity index (χ2v) is 7.15. The quantitative estimate of drug-likeness (QED) is 0.756. The fourth-order valence-electron chi connectivity index (χ4n) is 3.68. The summed E-state index contributed by atoms with van der Waals surface area (Å²) in [5, 5.41) is 4.28. The van der Waals surface area contributed by atoms with Crippen LogP contribution in [0.5, 0.6) is 5.75 Å². The Balaban J connectivity index is 1.44. The lowest BCUT2D eigenvalue weighted by Gasteiger charge is -2.33. The molecule has 0 spiro atoms. The van der Waals surface area contributed by atoms with Gasteiger partial charge in [-0.1, -0.05) is 0 Å². The summed E-state index contributed by atoms with van der Waals surface area (Å²) in [5.74, 6) is 1.76. The number of benzene rings is 1. The van der Waals surface area contributed by atoms with Gasteiger partial charge >= 0.3 is 0 Å². The van der Waals surface area contributed by atoms with E-state index in [1.807, 2.05) is 12.1 Å². The van der Waals surface area contributed by atoms with Gasteiger partial charge in [0.25, 0.3) is 5.91 Å². The maximum atomic E-state index is 12.3. The summed E-state index contributed by atoms with van der Waals surface area (Å²) in [6.45, 7) is 3.84. The van der Waals surface area contributed by atoms with Gasteiger partial charge in [0.15, 0.2) is 0 Å². The first-order valence-electron chi connectivity index (χ1n) is 9.55. The van der Waals surface area contributed by atoms with E-state index in [1.165, 1.54) is 5.56 Å². The molecule has 1 amide bonds. The lowest BCUT2D eigenvalue weighted by molar-refractivity contribution is 0.0931. The average molecular weight is 376 g/mol. The van der Waals surface area contributed by atoms with Gasteiger partial charge in [0.1, 0.15) is 11.6 Å². The van der Waals surface area contributed by atoms with E-state index in [0.29, 0.717) is 5.56 Å². The van der Waals surface area contributed by atoms with Crippen molar-refractivity contribution in [3.8, 4) is 5.75 Å². The van der Waals surface area contributed by atoms with Gasteiger partial charge in [0.2, 0.25) is 0 Å². The minimum absolute atomic E-state index is 0.0346. The Morgan fingerprint density at radius 1 is 1.14 bits per heavy atom. The van der Waals surface area contributed by atoms with Crippen LogP contribution < -0.4 is 15.0 Å². The second-order valence-electron chi connectivity index (χ2n) is 7.15. The van der Waals surface area contributed by atoms with E-state index in [2.05, 4.69) is 34.3 Å². The van der Waals surface area contributed by atoms with Crippen molar-refractivity contribution in [1.29, 1.82) is 0 Å². The van der Waals surface area contributed by atoms with Gasteiger partial charge in [-0.25, -0.2) is 4.98 Å². The van der Waals surface area contributed by atoms with Crippen molar-refractivity contribution >= 4 is 22.6 Å². The Bertz CT molecular complexity index is 982. The lowest BCUT2D eigenvalue weighted by Crippen LogP contribution is -2.45. The molecule has 1 aliphatic rings. The number of piperidine rings is 1. The van der Waals surface area contributed by atoms with Crippen LogP contribution in [0, 0.1) is 6.92 Å². The molecule has 1 N–H and O–H groups in total. The molecule has 6 heteroatoms. The van der Waals surface area contributed by atoms with Crippen LogP contribution in [0.2, 0.25) is 0 Å². The molecule has 1 saturated heterocycles. The molecule has 6 nitrogen and oxygen atoms in total. The molecule has 2 aromatic heterocycles. The van der Waals surface area contributed by atoms with Crippen molar-refractivity contribution in [2.75, 3.05) is 25.1 Å². The van der Waals surface area contributed by atoms with Crippen molar-refractivity contribution in [2.24, 2.45) is 0 Å². The van der Waals surface area contributed by atoms with E-state index in [1.54, 1.807) is 31.6 Å². The molecule has 1 aliphatic heterocycles. The highest BCUT2D eigenvalue weighted by atomic mass is 16.5. The average Bonchev–Trinajstić information content (AvgIpc) is 2.74. The zero-order chi connectivity index (χ0) is 19.5. The SMILES string of the molecule is COc1ccc2c(C)cc(N3CCC(NC(=O)c4ccncc4)CC3)nc2c1. The standard InChI is InChI=1S/C22H24N4O2/c1-15-13-21(25-20-14-18(28-2)3-4-19(15)20)26-11-7-17(8-12-26)24-22(27)16-5-9-23-10-6-16/h3-6,9-10,13-14,17H,7-8,11-12H2,1-2H3,(H,24,27). The lowest BCUT2D eigenvalue weighted by atomic mass is 10.0. The number of hydrogen-bond acceptors (Lipinski definition) is 5. The minimum atomic E-state index is -0.0346. The van der Waals surface area contributed by atoms with Crippen LogP contribution in [0.4, 0.5) is 5.82 Å². The minimum Gasteiger partial charge on any atom is -0.497 e. The summed E-state index contributed by atoms with van der Waals surface area (Å²) < 4.78 is 5.34. The maximum Gasteiger partial charge on any atom is 0.251 e. The fourth-order valence-corrected chi connectivity index (χ4v) is 3.68. The third-order valence-electron chi connectivity index (χ3n) is 5.31. The summed E-state index contributed by atoms with van der Waals surface area (Å²) in [6.07, 6.45) is 5.07. The second kappa shape index (κ2) is 7.84. The number of ether oxygens (including phenoxy) is 1. The first kappa shape index (κ1) is 18.2. The molecule has 144 valence electrons. The smallest absolute Gasteiger partial charge is 0.251 e. The molecule has 1 aromatic carbocycles.